The number of terminal acetylenes is 1. The molecule has 0 aliphatic heterocycles. The van der Waals surface area contributed by atoms with Gasteiger partial charge < -0.3 is 24.3 Å². The molecule has 11 heteroatoms. The Bertz CT molecular complexity index is 1010. The number of aromatic nitrogens is 2. The SMILES string of the molecule is C#Cc1cccc(Nc2ncnc3c2C(F)C(F)(OCCOC)C(F)(OCCOC)C3F)c1. The largest absolute Gasteiger partial charge is 0.382 e. The molecule has 7 nitrogen and oxygen atoms in total. The van der Waals surface area contributed by atoms with Crippen molar-refractivity contribution in [3.63, 3.8) is 0 Å². The molecule has 3 rings (SSSR count). The van der Waals surface area contributed by atoms with Gasteiger partial charge in [-0.3, -0.25) is 0 Å². The molecule has 178 valence electrons. The van der Waals surface area contributed by atoms with Crippen LogP contribution in [0.1, 0.15) is 29.2 Å². The van der Waals surface area contributed by atoms with E-state index in [2.05, 4.69) is 21.2 Å². The van der Waals surface area contributed by atoms with Crippen molar-refractivity contribution < 1.29 is 36.5 Å². The number of benzene rings is 1. The Labute approximate surface area is 188 Å². The highest BCUT2D eigenvalue weighted by atomic mass is 19.2. The first-order valence-corrected chi connectivity index (χ1v) is 9.92. The summed E-state index contributed by atoms with van der Waals surface area (Å²) in [5.74, 6) is -5.59. The summed E-state index contributed by atoms with van der Waals surface area (Å²) in [7, 11) is 2.57. The normalized spacial score (nSPS) is 26.5. The Morgan fingerprint density at radius 1 is 1.00 bits per heavy atom. The van der Waals surface area contributed by atoms with Crippen LogP contribution in [0.3, 0.4) is 0 Å². The van der Waals surface area contributed by atoms with Crippen LogP contribution in [-0.2, 0) is 18.9 Å². The first-order valence-electron chi connectivity index (χ1n) is 9.92. The van der Waals surface area contributed by atoms with Crippen molar-refractivity contribution in [1.29, 1.82) is 0 Å². The third-order valence-corrected chi connectivity index (χ3v) is 5.02. The lowest BCUT2D eigenvalue weighted by Crippen LogP contribution is -2.60. The van der Waals surface area contributed by atoms with Gasteiger partial charge in [0.15, 0.2) is 6.17 Å². The van der Waals surface area contributed by atoms with E-state index in [1.807, 2.05) is 0 Å². The second kappa shape index (κ2) is 10.4. The van der Waals surface area contributed by atoms with E-state index < -0.39 is 48.5 Å². The zero-order valence-electron chi connectivity index (χ0n) is 18.0. The van der Waals surface area contributed by atoms with Gasteiger partial charge in [-0.1, -0.05) is 12.0 Å². The summed E-state index contributed by atoms with van der Waals surface area (Å²) >= 11 is 0. The predicted molar refractivity (Wildman–Crippen MR) is 111 cm³/mol. The maximum absolute atomic E-state index is 16.0. The van der Waals surface area contributed by atoms with E-state index in [9.17, 15) is 0 Å². The van der Waals surface area contributed by atoms with E-state index in [0.29, 0.717) is 11.3 Å². The maximum atomic E-state index is 16.0. The molecule has 1 aliphatic rings. The molecule has 2 aromatic rings. The van der Waals surface area contributed by atoms with E-state index in [4.69, 9.17) is 25.4 Å². The van der Waals surface area contributed by atoms with Crippen LogP contribution in [0.5, 0.6) is 0 Å². The number of hydrogen-bond acceptors (Lipinski definition) is 7. The highest BCUT2D eigenvalue weighted by molar-refractivity contribution is 5.63. The average molecular weight is 469 g/mol. The van der Waals surface area contributed by atoms with Gasteiger partial charge in [0.05, 0.1) is 37.7 Å². The van der Waals surface area contributed by atoms with Crippen LogP contribution in [0.2, 0.25) is 0 Å². The molecule has 0 fully saturated rings. The van der Waals surface area contributed by atoms with Crippen LogP contribution >= 0.6 is 0 Å². The van der Waals surface area contributed by atoms with Gasteiger partial charge in [0, 0.05) is 25.5 Å². The van der Waals surface area contributed by atoms with E-state index in [1.54, 1.807) is 24.3 Å². The first-order chi connectivity index (χ1) is 15.8. The smallest absolute Gasteiger partial charge is 0.309 e. The summed E-state index contributed by atoms with van der Waals surface area (Å²) in [6.07, 6.45) is 0.583. The molecule has 0 radical (unpaired) electrons. The Hall–Kier alpha value is -2.78. The molecule has 1 aromatic heterocycles. The van der Waals surface area contributed by atoms with Crippen LogP contribution in [0.15, 0.2) is 30.6 Å². The van der Waals surface area contributed by atoms with Gasteiger partial charge in [0.2, 0.25) is 6.17 Å². The number of fused-ring (bicyclic) bond motifs is 1. The summed E-state index contributed by atoms with van der Waals surface area (Å²) in [6.45, 7) is -1.54. The highest BCUT2D eigenvalue weighted by Crippen LogP contribution is 2.58. The number of alkyl halides is 4. The number of hydrogen-bond donors (Lipinski definition) is 1. The van der Waals surface area contributed by atoms with Gasteiger partial charge in [0.25, 0.3) is 0 Å². The molecule has 1 aliphatic carbocycles. The fraction of sp³-hybridized carbons (Fsp3) is 0.455. The lowest BCUT2D eigenvalue weighted by Gasteiger charge is -2.45. The summed E-state index contributed by atoms with van der Waals surface area (Å²) in [5, 5.41) is 2.76. The molecule has 4 unspecified atom stereocenters. The van der Waals surface area contributed by atoms with Gasteiger partial charge in [-0.15, -0.1) is 6.42 Å². The third-order valence-electron chi connectivity index (χ3n) is 5.02. The van der Waals surface area contributed by atoms with Crippen LogP contribution in [0, 0.1) is 12.3 Å². The lowest BCUT2D eigenvalue weighted by molar-refractivity contribution is -0.376. The van der Waals surface area contributed by atoms with Crippen LogP contribution in [0.25, 0.3) is 0 Å². The van der Waals surface area contributed by atoms with Gasteiger partial charge >= 0.3 is 11.7 Å². The molecule has 0 bridgehead atoms. The topological polar surface area (TPSA) is 74.7 Å². The fourth-order valence-corrected chi connectivity index (χ4v) is 3.38. The number of ether oxygens (including phenoxy) is 4. The number of anilines is 2. The Morgan fingerprint density at radius 3 is 2.24 bits per heavy atom. The molecule has 33 heavy (non-hydrogen) atoms. The molecule has 0 saturated heterocycles. The molecular weight excluding hydrogens is 446 g/mol. The van der Waals surface area contributed by atoms with Crippen molar-refractivity contribution in [2.45, 2.75) is 24.1 Å². The fourth-order valence-electron chi connectivity index (χ4n) is 3.38. The monoisotopic (exact) mass is 469 g/mol. The van der Waals surface area contributed by atoms with Gasteiger partial charge in [-0.05, 0) is 18.2 Å². The second-order valence-corrected chi connectivity index (χ2v) is 7.07. The van der Waals surface area contributed by atoms with Crippen molar-refractivity contribution in [1.82, 2.24) is 9.97 Å². The number of nitrogens with zero attached hydrogens (tertiary/aromatic N) is 2. The minimum absolute atomic E-state index is 0.196. The number of nitrogens with one attached hydrogen (secondary N) is 1. The van der Waals surface area contributed by atoms with Crippen LogP contribution in [-0.4, -0.2) is 62.3 Å². The summed E-state index contributed by atoms with van der Waals surface area (Å²) in [5.41, 5.74) is -0.483. The Balaban J connectivity index is 2.07. The zero-order chi connectivity index (χ0) is 24.1. The van der Waals surface area contributed by atoms with E-state index in [1.165, 1.54) is 14.2 Å². The average Bonchev–Trinajstić information content (AvgIpc) is 2.82. The van der Waals surface area contributed by atoms with Crippen molar-refractivity contribution in [3.05, 3.63) is 47.4 Å². The standard InChI is InChI=1S/C22H23F4N3O4/c1-4-14-6-5-7-15(12-14)29-20-16-17(27-13-28-20)19(24)22(26,33-11-9-31-3)21(25,18(16)23)32-10-8-30-2/h1,5-7,12-13,18-19H,8-11H2,2-3H3,(H,27,28,29). The number of methoxy groups -OCH3 is 2. The van der Waals surface area contributed by atoms with Gasteiger partial charge in [-0.2, -0.15) is 0 Å². The van der Waals surface area contributed by atoms with Crippen molar-refractivity contribution >= 4 is 11.5 Å². The predicted octanol–water partition coefficient (Wildman–Crippen LogP) is 3.89. The lowest BCUT2D eigenvalue weighted by atomic mass is 9.84. The van der Waals surface area contributed by atoms with Crippen molar-refractivity contribution in [2.75, 3.05) is 46.0 Å². The second-order valence-electron chi connectivity index (χ2n) is 7.07. The van der Waals surface area contributed by atoms with Crippen molar-refractivity contribution in [2.24, 2.45) is 0 Å². The summed E-state index contributed by atoms with van der Waals surface area (Å²) in [6, 6.07) is 6.41. The number of halogens is 4. The third kappa shape index (κ3) is 4.65. The Morgan fingerprint density at radius 2 is 1.64 bits per heavy atom. The molecule has 1 heterocycles. The molecule has 1 N–H and O–H groups in total. The minimum Gasteiger partial charge on any atom is -0.382 e. The van der Waals surface area contributed by atoms with E-state index in [-0.39, 0.29) is 19.0 Å². The van der Waals surface area contributed by atoms with Crippen LogP contribution < -0.4 is 5.32 Å². The molecule has 1 aromatic carbocycles. The molecule has 4 atom stereocenters. The minimum atomic E-state index is -3.88. The summed E-state index contributed by atoms with van der Waals surface area (Å²) in [4.78, 5) is 7.58. The molecule has 0 amide bonds. The number of rotatable bonds is 10. The zero-order valence-corrected chi connectivity index (χ0v) is 18.0. The van der Waals surface area contributed by atoms with Crippen LogP contribution in [0.4, 0.5) is 29.1 Å². The van der Waals surface area contributed by atoms with E-state index >= 15 is 17.6 Å². The molecule has 0 spiro atoms. The van der Waals surface area contributed by atoms with E-state index in [0.717, 1.165) is 6.33 Å². The summed E-state index contributed by atoms with van der Waals surface area (Å²) < 4.78 is 82.2. The maximum Gasteiger partial charge on any atom is 0.309 e. The van der Waals surface area contributed by atoms with Crippen molar-refractivity contribution in [3.8, 4) is 12.3 Å². The quantitative estimate of drug-likeness (QED) is 0.322. The first kappa shape index (κ1) is 24.9. The Kier molecular flexibility index (Phi) is 7.86. The molecule has 0 saturated carbocycles. The highest BCUT2D eigenvalue weighted by Gasteiger charge is 2.72. The van der Waals surface area contributed by atoms with Gasteiger partial charge in [0.1, 0.15) is 12.1 Å². The molecular formula is C22H23F4N3O4. The van der Waals surface area contributed by atoms with Gasteiger partial charge in [-0.25, -0.2) is 27.5 Å².